The molecule has 0 aromatic carbocycles. The number of rotatable bonds is 3. The third-order valence-corrected chi connectivity index (χ3v) is 4.06. The second-order valence-electron chi connectivity index (χ2n) is 5.30. The number of aromatic nitrogens is 1. The summed E-state index contributed by atoms with van der Waals surface area (Å²) in [4.78, 5) is 4.63. The summed E-state index contributed by atoms with van der Waals surface area (Å²) in [7, 11) is 2.02. The van der Waals surface area contributed by atoms with Crippen molar-refractivity contribution < 1.29 is 4.42 Å². The standard InChI is InChI=1S/C16H20N2O/c1-11-9-13(10-19-11)15(17-2)14-7-3-5-12-6-4-8-18-16(12)14/h4,6,8-10,14-15,17H,3,5,7H2,1-2H3. The van der Waals surface area contributed by atoms with E-state index in [1.54, 1.807) is 0 Å². The van der Waals surface area contributed by atoms with Gasteiger partial charge in [-0.15, -0.1) is 0 Å². The molecule has 0 saturated heterocycles. The van der Waals surface area contributed by atoms with Gasteiger partial charge in [-0.2, -0.15) is 0 Å². The summed E-state index contributed by atoms with van der Waals surface area (Å²) in [5, 5.41) is 3.44. The summed E-state index contributed by atoms with van der Waals surface area (Å²) in [6.07, 6.45) is 7.34. The van der Waals surface area contributed by atoms with E-state index in [0.29, 0.717) is 5.92 Å². The Morgan fingerprint density at radius 1 is 1.47 bits per heavy atom. The minimum Gasteiger partial charge on any atom is -0.469 e. The summed E-state index contributed by atoms with van der Waals surface area (Å²) >= 11 is 0. The molecule has 19 heavy (non-hydrogen) atoms. The summed E-state index contributed by atoms with van der Waals surface area (Å²) in [5.74, 6) is 1.40. The number of aryl methyl sites for hydroxylation is 2. The molecule has 3 rings (SSSR count). The third-order valence-electron chi connectivity index (χ3n) is 4.06. The molecule has 1 aliphatic rings. The predicted octanol–water partition coefficient (Wildman–Crippen LogP) is 3.36. The van der Waals surface area contributed by atoms with E-state index in [9.17, 15) is 0 Å². The van der Waals surface area contributed by atoms with Crippen molar-refractivity contribution in [1.29, 1.82) is 0 Å². The maximum Gasteiger partial charge on any atom is 0.101 e. The summed E-state index contributed by atoms with van der Waals surface area (Å²) in [6, 6.07) is 6.66. The fraction of sp³-hybridized carbons (Fsp3) is 0.438. The molecule has 100 valence electrons. The van der Waals surface area contributed by atoms with Crippen LogP contribution in [0.4, 0.5) is 0 Å². The number of hydrogen-bond acceptors (Lipinski definition) is 3. The molecule has 2 atom stereocenters. The first kappa shape index (κ1) is 12.4. The van der Waals surface area contributed by atoms with Crippen LogP contribution >= 0.6 is 0 Å². The SMILES string of the molecule is CNC(c1coc(C)c1)C1CCCc2cccnc21. The van der Waals surface area contributed by atoms with Crippen LogP contribution in [0, 0.1) is 6.92 Å². The highest BCUT2D eigenvalue weighted by Gasteiger charge is 2.29. The lowest BCUT2D eigenvalue weighted by Gasteiger charge is -2.30. The predicted molar refractivity (Wildman–Crippen MR) is 75.2 cm³/mol. The average Bonchev–Trinajstić information content (AvgIpc) is 2.86. The third kappa shape index (κ3) is 2.30. The monoisotopic (exact) mass is 256 g/mol. The van der Waals surface area contributed by atoms with Crippen molar-refractivity contribution >= 4 is 0 Å². The van der Waals surface area contributed by atoms with E-state index in [1.165, 1.54) is 29.7 Å². The van der Waals surface area contributed by atoms with Gasteiger partial charge >= 0.3 is 0 Å². The topological polar surface area (TPSA) is 38.1 Å². The molecule has 0 amide bonds. The number of nitrogens with zero attached hydrogens (tertiary/aromatic N) is 1. The molecule has 3 nitrogen and oxygen atoms in total. The average molecular weight is 256 g/mol. The lowest BCUT2D eigenvalue weighted by Crippen LogP contribution is -2.27. The van der Waals surface area contributed by atoms with E-state index in [1.807, 2.05) is 32.5 Å². The molecule has 2 aromatic heterocycles. The van der Waals surface area contributed by atoms with Crippen molar-refractivity contribution in [3.05, 3.63) is 53.2 Å². The van der Waals surface area contributed by atoms with Crippen molar-refractivity contribution in [2.24, 2.45) is 0 Å². The number of hydrogen-bond donors (Lipinski definition) is 1. The molecule has 0 spiro atoms. The Morgan fingerprint density at radius 3 is 3.11 bits per heavy atom. The molecule has 0 bridgehead atoms. The maximum absolute atomic E-state index is 5.47. The van der Waals surface area contributed by atoms with Gasteiger partial charge in [0.15, 0.2) is 0 Å². The van der Waals surface area contributed by atoms with Crippen LogP contribution in [0.5, 0.6) is 0 Å². The Morgan fingerprint density at radius 2 is 2.37 bits per heavy atom. The Kier molecular flexibility index (Phi) is 3.38. The lowest BCUT2D eigenvalue weighted by molar-refractivity contribution is 0.412. The molecule has 2 unspecified atom stereocenters. The molecule has 3 heteroatoms. The van der Waals surface area contributed by atoms with E-state index in [-0.39, 0.29) is 6.04 Å². The van der Waals surface area contributed by atoms with Crippen LogP contribution in [-0.4, -0.2) is 12.0 Å². The first-order valence-electron chi connectivity index (χ1n) is 6.95. The largest absolute Gasteiger partial charge is 0.469 e. The van der Waals surface area contributed by atoms with E-state index in [2.05, 4.69) is 22.4 Å². The van der Waals surface area contributed by atoms with Gasteiger partial charge in [-0.3, -0.25) is 4.98 Å². The van der Waals surface area contributed by atoms with E-state index < -0.39 is 0 Å². The van der Waals surface area contributed by atoms with E-state index in [4.69, 9.17) is 4.42 Å². The molecular weight excluding hydrogens is 236 g/mol. The van der Waals surface area contributed by atoms with Gasteiger partial charge in [0, 0.05) is 29.4 Å². The Hall–Kier alpha value is -1.61. The zero-order valence-electron chi connectivity index (χ0n) is 11.5. The van der Waals surface area contributed by atoms with Crippen LogP contribution in [0.1, 0.15) is 47.4 Å². The van der Waals surface area contributed by atoms with Gasteiger partial charge in [0.2, 0.25) is 0 Å². The van der Waals surface area contributed by atoms with Gasteiger partial charge in [0.05, 0.1) is 6.26 Å². The molecule has 0 aliphatic heterocycles. The fourth-order valence-electron chi connectivity index (χ4n) is 3.20. The fourth-order valence-corrected chi connectivity index (χ4v) is 3.20. The molecular formula is C16H20N2O. The molecule has 1 aliphatic carbocycles. The van der Waals surface area contributed by atoms with Gasteiger partial charge < -0.3 is 9.73 Å². The van der Waals surface area contributed by atoms with Crippen molar-refractivity contribution in [3.63, 3.8) is 0 Å². The van der Waals surface area contributed by atoms with Crippen molar-refractivity contribution in [2.45, 2.75) is 38.1 Å². The smallest absolute Gasteiger partial charge is 0.101 e. The minimum atomic E-state index is 0.284. The van der Waals surface area contributed by atoms with Gasteiger partial charge in [0.1, 0.15) is 5.76 Å². The second kappa shape index (κ2) is 5.17. The number of furan rings is 1. The summed E-state index contributed by atoms with van der Waals surface area (Å²) in [5.41, 5.74) is 3.88. The van der Waals surface area contributed by atoms with Crippen LogP contribution in [0.15, 0.2) is 35.1 Å². The van der Waals surface area contributed by atoms with Gasteiger partial charge in [-0.05, 0) is 50.9 Å². The highest BCUT2D eigenvalue weighted by atomic mass is 16.3. The first-order chi connectivity index (χ1) is 9.29. The first-order valence-corrected chi connectivity index (χ1v) is 6.95. The van der Waals surface area contributed by atoms with Crippen LogP contribution in [0.25, 0.3) is 0 Å². The maximum atomic E-state index is 5.47. The Balaban J connectivity index is 1.97. The van der Waals surface area contributed by atoms with Gasteiger partial charge in [0.25, 0.3) is 0 Å². The quantitative estimate of drug-likeness (QED) is 0.915. The van der Waals surface area contributed by atoms with E-state index in [0.717, 1.165) is 12.2 Å². The van der Waals surface area contributed by atoms with Crippen molar-refractivity contribution in [1.82, 2.24) is 10.3 Å². The highest BCUT2D eigenvalue weighted by Crippen LogP contribution is 2.39. The highest BCUT2D eigenvalue weighted by molar-refractivity contribution is 5.30. The lowest BCUT2D eigenvalue weighted by atomic mass is 9.80. The summed E-state index contributed by atoms with van der Waals surface area (Å²) < 4.78 is 5.47. The van der Waals surface area contributed by atoms with E-state index >= 15 is 0 Å². The molecule has 0 saturated carbocycles. The van der Waals surface area contributed by atoms with Gasteiger partial charge in [-0.25, -0.2) is 0 Å². The van der Waals surface area contributed by atoms with Crippen LogP contribution in [-0.2, 0) is 6.42 Å². The molecule has 2 aromatic rings. The van der Waals surface area contributed by atoms with Crippen LogP contribution in [0.2, 0.25) is 0 Å². The molecule has 1 N–H and O–H groups in total. The normalized spacial score (nSPS) is 20.0. The second-order valence-corrected chi connectivity index (χ2v) is 5.30. The number of likely N-dealkylation sites (N-methyl/N-ethyl adjacent to an activating group) is 1. The van der Waals surface area contributed by atoms with Crippen LogP contribution < -0.4 is 5.32 Å². The number of pyridine rings is 1. The van der Waals surface area contributed by atoms with Crippen LogP contribution in [0.3, 0.4) is 0 Å². The van der Waals surface area contributed by atoms with Crippen molar-refractivity contribution in [3.8, 4) is 0 Å². The summed E-state index contributed by atoms with van der Waals surface area (Å²) in [6.45, 7) is 1.99. The number of fused-ring (bicyclic) bond motifs is 1. The van der Waals surface area contributed by atoms with Crippen molar-refractivity contribution in [2.75, 3.05) is 7.05 Å². The molecule has 0 fully saturated rings. The zero-order valence-corrected chi connectivity index (χ0v) is 11.5. The molecule has 2 heterocycles. The zero-order chi connectivity index (χ0) is 13.2. The van der Waals surface area contributed by atoms with Gasteiger partial charge in [-0.1, -0.05) is 6.07 Å². The molecule has 0 radical (unpaired) electrons. The minimum absolute atomic E-state index is 0.284. The Labute approximate surface area is 114 Å². The Bertz CT molecular complexity index is 561. The number of nitrogens with one attached hydrogen (secondary N) is 1.